The molecular weight excluding hydrogens is 510 g/mol. The zero-order valence-corrected chi connectivity index (χ0v) is 23.2. The summed E-state index contributed by atoms with van der Waals surface area (Å²) in [5.74, 6) is 3.11. The molecule has 0 amide bonds. The number of ether oxygens (including phenoxy) is 4. The second kappa shape index (κ2) is 13.2. The molecule has 0 aliphatic carbocycles. The normalized spacial score (nSPS) is 19.5. The van der Waals surface area contributed by atoms with Crippen LogP contribution >= 0.6 is 24.0 Å². The van der Waals surface area contributed by atoms with E-state index in [2.05, 4.69) is 24.7 Å². The molecule has 3 aliphatic rings. The van der Waals surface area contributed by atoms with Crippen LogP contribution in [0, 0.1) is 0 Å². The number of piperidine rings is 1. The fourth-order valence-electron chi connectivity index (χ4n) is 5.06. The molecule has 0 atom stereocenters. The topological polar surface area (TPSA) is 72.4 Å². The van der Waals surface area contributed by atoms with Crippen molar-refractivity contribution in [3.05, 3.63) is 18.5 Å². The maximum absolute atomic E-state index is 6.15. The van der Waals surface area contributed by atoms with Crippen LogP contribution in [0.3, 0.4) is 0 Å². The van der Waals surface area contributed by atoms with Crippen molar-refractivity contribution in [1.29, 1.82) is 0 Å². The van der Waals surface area contributed by atoms with Crippen LogP contribution in [0.2, 0.25) is 0 Å². The molecule has 3 aliphatic heterocycles. The number of likely N-dealkylation sites (tertiary alicyclic amines) is 1. The Labute approximate surface area is 228 Å². The molecule has 0 bridgehead atoms. The fourth-order valence-corrected chi connectivity index (χ4v) is 6.29. The van der Waals surface area contributed by atoms with E-state index in [0.29, 0.717) is 25.6 Å². The average molecular weight is 548 g/mol. The van der Waals surface area contributed by atoms with E-state index < -0.39 is 0 Å². The van der Waals surface area contributed by atoms with E-state index >= 15 is 0 Å². The molecule has 3 saturated heterocycles. The number of rotatable bonds is 9. The molecule has 4 heterocycles. The third-order valence-electron chi connectivity index (χ3n) is 7.10. The lowest BCUT2D eigenvalue weighted by molar-refractivity contribution is -0.0213. The number of aromatic nitrogens is 2. The molecule has 11 heteroatoms. The van der Waals surface area contributed by atoms with E-state index in [1.54, 1.807) is 25.2 Å². The third kappa shape index (κ3) is 6.94. The van der Waals surface area contributed by atoms with E-state index in [9.17, 15) is 0 Å². The van der Waals surface area contributed by atoms with Crippen molar-refractivity contribution in [2.75, 3.05) is 83.4 Å². The lowest BCUT2D eigenvalue weighted by atomic mass is 10.1. The lowest BCUT2D eigenvalue weighted by Crippen LogP contribution is -2.48. The summed E-state index contributed by atoms with van der Waals surface area (Å²) >= 11 is 7.30. The number of hydrogen-bond donors (Lipinski definition) is 0. The number of fused-ring (bicyclic) bond motifs is 1. The minimum atomic E-state index is -0.143. The maximum atomic E-state index is 6.15. The highest BCUT2D eigenvalue weighted by atomic mass is 32.2. The standard InChI is InChI=1S/C26H37N5O4S2/c1-32-22-16-20-21(17-23(22)33-13-5-8-29-6-3-2-4-7-29)27-19-28-25(20)30-9-11-31(12-10-30)26(36)37-18-24-34-14-15-35-24/h16-17,19,24H,2-15,18H2,1H3. The van der Waals surface area contributed by atoms with Crippen LogP contribution < -0.4 is 14.4 Å². The Morgan fingerprint density at radius 2 is 1.81 bits per heavy atom. The minimum Gasteiger partial charge on any atom is -0.493 e. The molecule has 0 unspecified atom stereocenters. The molecular formula is C26H37N5O4S2. The third-order valence-corrected chi connectivity index (χ3v) is 8.65. The number of thiocarbonyl (C=S) groups is 1. The number of hydrogen-bond acceptors (Lipinski definition) is 10. The van der Waals surface area contributed by atoms with Crippen molar-refractivity contribution >= 4 is 45.0 Å². The van der Waals surface area contributed by atoms with Crippen molar-refractivity contribution in [2.45, 2.75) is 32.0 Å². The van der Waals surface area contributed by atoms with Crippen LogP contribution in [0.25, 0.3) is 10.9 Å². The Bertz CT molecular complexity index is 1040. The summed E-state index contributed by atoms with van der Waals surface area (Å²) in [6.45, 7) is 8.86. The van der Waals surface area contributed by atoms with Crippen molar-refractivity contribution < 1.29 is 18.9 Å². The SMILES string of the molecule is COc1cc2c(N3CCN(C(=S)SCC4OCCO4)CC3)ncnc2cc1OCCCN1CCCCC1. The summed E-state index contributed by atoms with van der Waals surface area (Å²) < 4.78 is 23.8. The zero-order chi connectivity index (χ0) is 25.5. The quantitative estimate of drug-likeness (QED) is 0.343. The first-order chi connectivity index (χ1) is 18.2. The Kier molecular flexibility index (Phi) is 9.54. The highest BCUT2D eigenvalue weighted by Crippen LogP contribution is 2.35. The summed E-state index contributed by atoms with van der Waals surface area (Å²) in [4.78, 5) is 16.3. The molecule has 9 nitrogen and oxygen atoms in total. The van der Waals surface area contributed by atoms with Gasteiger partial charge in [0.15, 0.2) is 17.8 Å². The number of nitrogens with zero attached hydrogens (tertiary/aromatic N) is 5. The fraction of sp³-hybridized carbons (Fsp3) is 0.654. The first-order valence-corrected chi connectivity index (χ1v) is 14.7. The van der Waals surface area contributed by atoms with Gasteiger partial charge in [-0.15, -0.1) is 0 Å². The number of benzene rings is 1. The summed E-state index contributed by atoms with van der Waals surface area (Å²) in [6, 6.07) is 3.99. The van der Waals surface area contributed by atoms with E-state index in [4.69, 9.17) is 31.2 Å². The molecule has 0 saturated carbocycles. The summed E-state index contributed by atoms with van der Waals surface area (Å²) in [5.41, 5.74) is 0.863. The number of anilines is 1. The molecule has 0 N–H and O–H groups in total. The van der Waals surface area contributed by atoms with E-state index in [-0.39, 0.29) is 6.29 Å². The summed E-state index contributed by atoms with van der Waals surface area (Å²) in [5, 5.41) is 0.973. The van der Waals surface area contributed by atoms with Gasteiger partial charge in [-0.1, -0.05) is 30.4 Å². The molecule has 1 aromatic heterocycles. The van der Waals surface area contributed by atoms with Crippen molar-refractivity contribution in [3.63, 3.8) is 0 Å². The van der Waals surface area contributed by atoms with E-state index in [0.717, 1.165) is 71.7 Å². The second-order valence-corrected chi connectivity index (χ2v) is 11.2. The highest BCUT2D eigenvalue weighted by Gasteiger charge is 2.24. The van der Waals surface area contributed by atoms with Crippen molar-refractivity contribution in [2.24, 2.45) is 0 Å². The first kappa shape index (κ1) is 26.7. The van der Waals surface area contributed by atoms with Crippen LogP contribution in [-0.4, -0.2) is 109 Å². The van der Waals surface area contributed by atoms with Crippen molar-refractivity contribution in [3.8, 4) is 11.5 Å². The molecule has 37 heavy (non-hydrogen) atoms. The number of thioether (sulfide) groups is 1. The predicted molar refractivity (Wildman–Crippen MR) is 151 cm³/mol. The van der Waals surface area contributed by atoms with Crippen LogP contribution in [0.4, 0.5) is 5.82 Å². The Hall–Kier alpha value is -1.92. The smallest absolute Gasteiger partial charge is 0.167 e. The largest absolute Gasteiger partial charge is 0.493 e. The van der Waals surface area contributed by atoms with Gasteiger partial charge in [0.05, 0.1) is 38.2 Å². The first-order valence-electron chi connectivity index (χ1n) is 13.3. The van der Waals surface area contributed by atoms with E-state index in [1.807, 2.05) is 12.1 Å². The van der Waals surface area contributed by atoms with Gasteiger partial charge in [0.2, 0.25) is 0 Å². The van der Waals surface area contributed by atoms with Crippen molar-refractivity contribution in [1.82, 2.24) is 19.8 Å². The van der Waals surface area contributed by atoms with Gasteiger partial charge in [-0.05, 0) is 38.4 Å². The number of piperazine rings is 1. The average Bonchev–Trinajstić information content (AvgIpc) is 3.48. The van der Waals surface area contributed by atoms with Gasteiger partial charge in [0.25, 0.3) is 0 Å². The lowest BCUT2D eigenvalue weighted by Gasteiger charge is -2.37. The maximum Gasteiger partial charge on any atom is 0.167 e. The monoisotopic (exact) mass is 547 g/mol. The Morgan fingerprint density at radius 3 is 2.57 bits per heavy atom. The molecule has 1 aromatic carbocycles. The predicted octanol–water partition coefficient (Wildman–Crippen LogP) is 3.41. The van der Waals surface area contributed by atoms with Gasteiger partial charge in [-0.25, -0.2) is 9.97 Å². The zero-order valence-electron chi connectivity index (χ0n) is 21.6. The second-order valence-electron chi connectivity index (χ2n) is 9.54. The molecule has 202 valence electrons. The van der Waals surface area contributed by atoms with Gasteiger partial charge in [0, 0.05) is 44.2 Å². The molecule has 5 rings (SSSR count). The van der Waals surface area contributed by atoms with Gasteiger partial charge < -0.3 is 33.6 Å². The molecule has 0 radical (unpaired) electrons. The van der Waals surface area contributed by atoms with Gasteiger partial charge >= 0.3 is 0 Å². The van der Waals surface area contributed by atoms with Gasteiger partial charge in [-0.2, -0.15) is 0 Å². The number of methoxy groups -OCH3 is 1. The van der Waals surface area contributed by atoms with Gasteiger partial charge in [-0.3, -0.25) is 0 Å². The van der Waals surface area contributed by atoms with Crippen LogP contribution in [-0.2, 0) is 9.47 Å². The summed E-state index contributed by atoms with van der Waals surface area (Å²) in [6.07, 6.45) is 6.48. The Morgan fingerprint density at radius 1 is 1.03 bits per heavy atom. The Balaban J connectivity index is 1.18. The van der Waals surface area contributed by atoms with Crippen LogP contribution in [0.1, 0.15) is 25.7 Å². The van der Waals surface area contributed by atoms with Crippen LogP contribution in [0.5, 0.6) is 11.5 Å². The van der Waals surface area contributed by atoms with E-state index in [1.165, 1.54) is 32.4 Å². The molecule has 2 aromatic rings. The summed E-state index contributed by atoms with van der Waals surface area (Å²) in [7, 11) is 1.68. The highest BCUT2D eigenvalue weighted by molar-refractivity contribution is 8.22. The van der Waals surface area contributed by atoms with Gasteiger partial charge in [0.1, 0.15) is 16.5 Å². The molecule has 0 spiro atoms. The molecule has 3 fully saturated rings. The van der Waals surface area contributed by atoms with Crippen LogP contribution in [0.15, 0.2) is 18.5 Å². The minimum absolute atomic E-state index is 0.143.